The number of benzene rings is 2. The summed E-state index contributed by atoms with van der Waals surface area (Å²) in [6, 6.07) is 11.7. The molecular weight excluding hydrogens is 243 g/mol. The summed E-state index contributed by atoms with van der Waals surface area (Å²) in [5, 5.41) is 8.82. The van der Waals surface area contributed by atoms with Gasteiger partial charge in [0.2, 0.25) is 0 Å². The van der Waals surface area contributed by atoms with E-state index in [0.29, 0.717) is 0 Å². The molecule has 0 radical (unpaired) electrons. The molecule has 3 heteroatoms. The third-order valence-electron chi connectivity index (χ3n) is 2.59. The van der Waals surface area contributed by atoms with Crippen LogP contribution in [-0.2, 0) is 0 Å². The van der Waals surface area contributed by atoms with Gasteiger partial charge in [-0.25, -0.2) is 9.18 Å². The number of aromatic carboxylic acids is 1. The monoisotopic (exact) mass is 254 g/mol. The molecule has 0 aliphatic heterocycles. The van der Waals surface area contributed by atoms with Gasteiger partial charge in [-0.1, -0.05) is 30.0 Å². The number of aryl methyl sites for hydroxylation is 1. The first kappa shape index (κ1) is 12.8. The number of halogens is 1. The zero-order valence-corrected chi connectivity index (χ0v) is 10.3. The third-order valence-corrected chi connectivity index (χ3v) is 2.59. The molecule has 0 heterocycles. The van der Waals surface area contributed by atoms with Crippen molar-refractivity contribution in [3.05, 3.63) is 70.5 Å². The Kier molecular flexibility index (Phi) is 3.63. The predicted octanol–water partition coefficient (Wildman–Crippen LogP) is 3.23. The first-order valence-corrected chi connectivity index (χ1v) is 5.68. The highest BCUT2D eigenvalue weighted by molar-refractivity contribution is 5.88. The van der Waals surface area contributed by atoms with Gasteiger partial charge in [0.05, 0.1) is 11.1 Å². The molecule has 0 aliphatic rings. The second-order valence-electron chi connectivity index (χ2n) is 4.09. The number of carbonyl (C=O) groups is 1. The highest BCUT2D eigenvalue weighted by atomic mass is 19.1. The minimum absolute atomic E-state index is 0.0846. The minimum Gasteiger partial charge on any atom is -0.478 e. The predicted molar refractivity (Wildman–Crippen MR) is 70.5 cm³/mol. The fourth-order valence-electron chi connectivity index (χ4n) is 1.66. The van der Waals surface area contributed by atoms with Gasteiger partial charge < -0.3 is 5.11 Å². The minimum atomic E-state index is -1.29. The second-order valence-corrected chi connectivity index (χ2v) is 4.09. The van der Waals surface area contributed by atoms with Crippen LogP contribution in [0.1, 0.15) is 27.0 Å². The lowest BCUT2D eigenvalue weighted by atomic mass is 10.1. The van der Waals surface area contributed by atoms with Crippen LogP contribution in [0.3, 0.4) is 0 Å². The molecule has 0 saturated carbocycles. The van der Waals surface area contributed by atoms with Crippen LogP contribution in [0.5, 0.6) is 0 Å². The second kappa shape index (κ2) is 5.36. The maximum Gasteiger partial charge on any atom is 0.338 e. The summed E-state index contributed by atoms with van der Waals surface area (Å²) >= 11 is 0. The van der Waals surface area contributed by atoms with E-state index in [-0.39, 0.29) is 11.1 Å². The van der Waals surface area contributed by atoms with Crippen LogP contribution in [0.15, 0.2) is 42.5 Å². The fraction of sp³-hybridized carbons (Fsp3) is 0.0625. The molecule has 0 amide bonds. The van der Waals surface area contributed by atoms with Crippen LogP contribution in [-0.4, -0.2) is 11.1 Å². The van der Waals surface area contributed by atoms with Gasteiger partial charge in [-0.3, -0.25) is 0 Å². The average molecular weight is 254 g/mol. The average Bonchev–Trinajstić information content (AvgIpc) is 2.37. The van der Waals surface area contributed by atoms with Gasteiger partial charge in [-0.2, -0.15) is 0 Å². The van der Waals surface area contributed by atoms with Gasteiger partial charge in [0.1, 0.15) is 0 Å². The molecule has 0 fully saturated rings. The topological polar surface area (TPSA) is 37.3 Å². The molecule has 0 bridgehead atoms. The fourth-order valence-corrected chi connectivity index (χ4v) is 1.66. The van der Waals surface area contributed by atoms with E-state index in [2.05, 4.69) is 11.8 Å². The molecule has 0 saturated heterocycles. The van der Waals surface area contributed by atoms with Gasteiger partial charge >= 0.3 is 5.97 Å². The Morgan fingerprint density at radius 1 is 1.16 bits per heavy atom. The molecule has 1 N–H and O–H groups in total. The largest absolute Gasteiger partial charge is 0.478 e. The Hall–Kier alpha value is -2.60. The van der Waals surface area contributed by atoms with Crippen molar-refractivity contribution in [3.8, 4) is 11.8 Å². The molecule has 0 aromatic heterocycles. The van der Waals surface area contributed by atoms with E-state index >= 15 is 0 Å². The van der Waals surface area contributed by atoms with Crippen molar-refractivity contribution in [2.75, 3.05) is 0 Å². The standard InChI is InChI=1S/C16H11FO2/c1-11-4-2-5-12(10-11)8-9-13-6-3-7-14(15(13)17)16(18)19/h2-7,10H,1H3,(H,18,19). The Labute approximate surface area is 110 Å². The molecule has 2 aromatic rings. The Balaban J connectivity index is 2.40. The molecule has 2 nitrogen and oxygen atoms in total. The first-order valence-electron chi connectivity index (χ1n) is 5.68. The lowest BCUT2D eigenvalue weighted by molar-refractivity contribution is 0.0692. The van der Waals surface area contributed by atoms with E-state index in [1.165, 1.54) is 18.2 Å². The van der Waals surface area contributed by atoms with Crippen molar-refractivity contribution >= 4 is 5.97 Å². The Morgan fingerprint density at radius 2 is 1.89 bits per heavy atom. The zero-order valence-electron chi connectivity index (χ0n) is 10.3. The van der Waals surface area contributed by atoms with Gasteiger partial charge in [0.25, 0.3) is 0 Å². The summed E-state index contributed by atoms with van der Waals surface area (Å²) in [6.45, 7) is 1.94. The van der Waals surface area contributed by atoms with E-state index in [1.807, 2.05) is 31.2 Å². The summed E-state index contributed by atoms with van der Waals surface area (Å²) in [4.78, 5) is 10.8. The number of hydrogen-bond donors (Lipinski definition) is 1. The van der Waals surface area contributed by atoms with E-state index in [1.54, 1.807) is 0 Å². The zero-order chi connectivity index (χ0) is 13.8. The van der Waals surface area contributed by atoms with Gasteiger partial charge in [-0.05, 0) is 36.8 Å². The highest BCUT2D eigenvalue weighted by Gasteiger charge is 2.12. The van der Waals surface area contributed by atoms with Gasteiger partial charge in [-0.15, -0.1) is 0 Å². The maximum atomic E-state index is 13.8. The lowest BCUT2D eigenvalue weighted by Crippen LogP contribution is -2.01. The normalized spacial score (nSPS) is 9.58. The van der Waals surface area contributed by atoms with Crippen molar-refractivity contribution in [1.29, 1.82) is 0 Å². The van der Waals surface area contributed by atoms with Crippen LogP contribution >= 0.6 is 0 Å². The van der Waals surface area contributed by atoms with Crippen LogP contribution in [0.2, 0.25) is 0 Å². The van der Waals surface area contributed by atoms with Crippen molar-refractivity contribution in [3.63, 3.8) is 0 Å². The molecule has 0 spiro atoms. The molecule has 0 aliphatic carbocycles. The SMILES string of the molecule is Cc1cccc(C#Cc2cccc(C(=O)O)c2F)c1. The van der Waals surface area contributed by atoms with Crippen LogP contribution < -0.4 is 0 Å². The molecule has 0 unspecified atom stereocenters. The van der Waals surface area contributed by atoms with Crippen molar-refractivity contribution < 1.29 is 14.3 Å². The van der Waals surface area contributed by atoms with Crippen LogP contribution in [0.25, 0.3) is 0 Å². The molecule has 2 rings (SSSR count). The molecule has 94 valence electrons. The maximum absolute atomic E-state index is 13.8. The highest BCUT2D eigenvalue weighted by Crippen LogP contribution is 2.12. The van der Waals surface area contributed by atoms with Crippen LogP contribution in [0, 0.1) is 24.6 Å². The third kappa shape index (κ3) is 2.99. The summed E-state index contributed by atoms with van der Waals surface area (Å²) in [5.41, 5.74) is 1.55. The van der Waals surface area contributed by atoms with Crippen molar-refractivity contribution in [2.45, 2.75) is 6.92 Å². The first-order chi connectivity index (χ1) is 9.08. The van der Waals surface area contributed by atoms with Crippen LogP contribution in [0.4, 0.5) is 4.39 Å². The van der Waals surface area contributed by atoms with Crippen molar-refractivity contribution in [2.24, 2.45) is 0 Å². The summed E-state index contributed by atoms with van der Waals surface area (Å²) in [5.74, 6) is 3.40. The Morgan fingerprint density at radius 3 is 2.58 bits per heavy atom. The molecule has 0 atom stereocenters. The molecule has 19 heavy (non-hydrogen) atoms. The summed E-state index contributed by atoms with van der Waals surface area (Å²) in [6.07, 6.45) is 0. The van der Waals surface area contributed by atoms with Gasteiger partial charge in [0, 0.05) is 5.56 Å². The molecule has 2 aromatic carbocycles. The lowest BCUT2D eigenvalue weighted by Gasteiger charge is -1.99. The van der Waals surface area contributed by atoms with E-state index in [9.17, 15) is 9.18 Å². The number of hydrogen-bond acceptors (Lipinski definition) is 1. The Bertz CT molecular complexity index is 693. The molecular formula is C16H11FO2. The van der Waals surface area contributed by atoms with E-state index < -0.39 is 11.8 Å². The quantitative estimate of drug-likeness (QED) is 0.793. The summed E-state index contributed by atoms with van der Waals surface area (Å²) < 4.78 is 13.8. The smallest absolute Gasteiger partial charge is 0.338 e. The summed E-state index contributed by atoms with van der Waals surface area (Å²) in [7, 11) is 0. The number of carboxylic acids is 1. The van der Waals surface area contributed by atoms with E-state index in [4.69, 9.17) is 5.11 Å². The van der Waals surface area contributed by atoms with E-state index in [0.717, 1.165) is 11.1 Å². The number of carboxylic acid groups (broad SMARTS) is 1. The number of rotatable bonds is 1. The van der Waals surface area contributed by atoms with Gasteiger partial charge in [0.15, 0.2) is 5.82 Å². The van der Waals surface area contributed by atoms with Crippen molar-refractivity contribution in [1.82, 2.24) is 0 Å².